The van der Waals surface area contributed by atoms with Crippen molar-refractivity contribution >= 4 is 50.0 Å². The molecule has 116 valence electrons. The number of anilines is 1. The largest absolute Gasteiger partial charge is 0.321 e. The Morgan fingerprint density at radius 1 is 1.22 bits per heavy atom. The van der Waals surface area contributed by atoms with Crippen molar-refractivity contribution in [2.24, 2.45) is 0 Å². The summed E-state index contributed by atoms with van der Waals surface area (Å²) in [6.07, 6.45) is 1.63. The molecule has 1 amide bonds. The Morgan fingerprint density at radius 2 is 2.00 bits per heavy atom. The van der Waals surface area contributed by atoms with Gasteiger partial charge in [-0.1, -0.05) is 11.6 Å². The minimum Gasteiger partial charge on any atom is -0.321 e. The van der Waals surface area contributed by atoms with Gasteiger partial charge in [-0.3, -0.25) is 9.89 Å². The van der Waals surface area contributed by atoms with E-state index in [9.17, 15) is 4.79 Å². The Hall–Kier alpha value is -1.89. The van der Waals surface area contributed by atoms with Crippen LogP contribution in [-0.2, 0) is 13.1 Å². The zero-order valence-electron chi connectivity index (χ0n) is 11.9. The molecule has 0 spiro atoms. The van der Waals surface area contributed by atoms with Gasteiger partial charge in [0.15, 0.2) is 0 Å². The molecule has 23 heavy (non-hydrogen) atoms. The fourth-order valence-corrected chi connectivity index (χ4v) is 3.52. The van der Waals surface area contributed by atoms with Gasteiger partial charge in [0.25, 0.3) is 5.91 Å². The van der Waals surface area contributed by atoms with Gasteiger partial charge in [-0.05, 0) is 51.3 Å². The number of halogens is 2. The first-order chi connectivity index (χ1) is 11.1. The van der Waals surface area contributed by atoms with Crippen LogP contribution in [0.5, 0.6) is 0 Å². The number of aromatic nitrogens is 2. The molecule has 5 nitrogen and oxygen atoms in total. The highest BCUT2D eigenvalue weighted by atomic mass is 79.9. The van der Waals surface area contributed by atoms with Crippen molar-refractivity contribution in [1.82, 2.24) is 15.5 Å². The molecule has 0 fully saturated rings. The number of rotatable bonds is 2. The van der Waals surface area contributed by atoms with Gasteiger partial charge in [0.05, 0.1) is 23.0 Å². The van der Waals surface area contributed by atoms with Gasteiger partial charge in [0.2, 0.25) is 0 Å². The second kappa shape index (κ2) is 5.63. The van der Waals surface area contributed by atoms with Crippen LogP contribution >= 0.6 is 27.5 Å². The number of H-pyrrole nitrogens is 1. The van der Waals surface area contributed by atoms with E-state index in [2.05, 4.69) is 36.8 Å². The lowest BCUT2D eigenvalue weighted by atomic mass is 10.1. The Kier molecular flexibility index (Phi) is 3.60. The fraction of sp³-hybridized carbons (Fsp3) is 0.125. The van der Waals surface area contributed by atoms with E-state index < -0.39 is 0 Å². The average molecular weight is 392 g/mol. The summed E-state index contributed by atoms with van der Waals surface area (Å²) in [5.74, 6) is -0.217. The van der Waals surface area contributed by atoms with Gasteiger partial charge in [0, 0.05) is 28.0 Å². The van der Waals surface area contributed by atoms with E-state index in [4.69, 9.17) is 11.6 Å². The lowest BCUT2D eigenvalue weighted by Gasteiger charge is -2.11. The number of nitrogens with one attached hydrogen (secondary N) is 3. The van der Waals surface area contributed by atoms with Crippen LogP contribution in [0, 0.1) is 0 Å². The molecule has 3 N–H and O–H groups in total. The Balaban J connectivity index is 1.71. The number of aromatic amines is 1. The number of benzene rings is 2. The molecular formula is C16H12BrClN4O. The van der Waals surface area contributed by atoms with Gasteiger partial charge in [-0.15, -0.1) is 0 Å². The number of amides is 1. The normalized spacial score (nSPS) is 13.3. The monoisotopic (exact) mass is 390 g/mol. The van der Waals surface area contributed by atoms with Crippen LogP contribution in [0.2, 0.25) is 5.02 Å². The maximum atomic E-state index is 12.7. The maximum Gasteiger partial charge on any atom is 0.256 e. The lowest BCUT2D eigenvalue weighted by Crippen LogP contribution is -2.13. The van der Waals surface area contributed by atoms with E-state index in [0.29, 0.717) is 10.6 Å². The van der Waals surface area contributed by atoms with Crippen LogP contribution in [0.4, 0.5) is 5.69 Å². The third-order valence-electron chi connectivity index (χ3n) is 3.94. The summed E-state index contributed by atoms with van der Waals surface area (Å²) in [7, 11) is 0. The van der Waals surface area contributed by atoms with Crippen molar-refractivity contribution in [1.29, 1.82) is 0 Å². The van der Waals surface area contributed by atoms with Crippen molar-refractivity contribution in [3.05, 3.63) is 56.6 Å². The van der Waals surface area contributed by atoms with Crippen molar-refractivity contribution < 1.29 is 4.79 Å². The van der Waals surface area contributed by atoms with Gasteiger partial charge >= 0.3 is 0 Å². The predicted molar refractivity (Wildman–Crippen MR) is 93.7 cm³/mol. The van der Waals surface area contributed by atoms with E-state index in [0.717, 1.165) is 34.2 Å². The first-order valence-electron chi connectivity index (χ1n) is 7.08. The third kappa shape index (κ3) is 2.63. The summed E-state index contributed by atoms with van der Waals surface area (Å²) in [6, 6.07) is 7.43. The van der Waals surface area contributed by atoms with Crippen molar-refractivity contribution in [3.63, 3.8) is 0 Å². The van der Waals surface area contributed by atoms with Crippen LogP contribution in [0.25, 0.3) is 10.9 Å². The molecule has 3 aromatic rings. The van der Waals surface area contributed by atoms with Crippen LogP contribution in [-0.4, -0.2) is 16.1 Å². The van der Waals surface area contributed by atoms with Crippen LogP contribution < -0.4 is 10.6 Å². The van der Waals surface area contributed by atoms with E-state index in [1.807, 2.05) is 12.1 Å². The first-order valence-corrected chi connectivity index (χ1v) is 8.25. The zero-order chi connectivity index (χ0) is 16.0. The quantitative estimate of drug-likeness (QED) is 0.622. The van der Waals surface area contributed by atoms with E-state index in [-0.39, 0.29) is 5.91 Å². The van der Waals surface area contributed by atoms with E-state index in [1.165, 1.54) is 11.1 Å². The molecule has 1 aliphatic rings. The molecule has 0 saturated carbocycles. The maximum absolute atomic E-state index is 12.7. The van der Waals surface area contributed by atoms with Crippen LogP contribution in [0.15, 0.2) is 34.9 Å². The Morgan fingerprint density at radius 3 is 2.83 bits per heavy atom. The van der Waals surface area contributed by atoms with Crippen LogP contribution in [0.1, 0.15) is 21.5 Å². The molecule has 1 aromatic heterocycles. The minimum absolute atomic E-state index is 0.217. The molecular weight excluding hydrogens is 380 g/mol. The highest BCUT2D eigenvalue weighted by Gasteiger charge is 2.17. The molecule has 0 radical (unpaired) electrons. The molecule has 1 aliphatic heterocycles. The predicted octanol–water partition coefficient (Wildman–Crippen LogP) is 3.83. The van der Waals surface area contributed by atoms with Crippen molar-refractivity contribution in [3.8, 4) is 0 Å². The topological polar surface area (TPSA) is 69.8 Å². The van der Waals surface area contributed by atoms with E-state index >= 15 is 0 Å². The summed E-state index contributed by atoms with van der Waals surface area (Å²) in [4.78, 5) is 12.7. The summed E-state index contributed by atoms with van der Waals surface area (Å²) in [6.45, 7) is 1.67. The summed E-state index contributed by atoms with van der Waals surface area (Å²) >= 11 is 9.61. The number of hydrogen-bond acceptors (Lipinski definition) is 3. The van der Waals surface area contributed by atoms with Gasteiger partial charge in [-0.2, -0.15) is 5.10 Å². The summed E-state index contributed by atoms with van der Waals surface area (Å²) in [5.41, 5.74) is 4.42. The Bertz CT molecular complexity index is 937. The molecule has 4 rings (SSSR count). The third-order valence-corrected chi connectivity index (χ3v) is 4.81. The van der Waals surface area contributed by atoms with E-state index in [1.54, 1.807) is 18.3 Å². The van der Waals surface area contributed by atoms with Crippen molar-refractivity contribution in [2.45, 2.75) is 13.1 Å². The molecule has 7 heteroatoms. The van der Waals surface area contributed by atoms with Crippen LogP contribution in [0.3, 0.4) is 0 Å². The number of nitrogens with zero attached hydrogens (tertiary/aromatic N) is 1. The minimum atomic E-state index is -0.217. The second-order valence-electron chi connectivity index (χ2n) is 5.44. The molecule has 2 aromatic carbocycles. The SMILES string of the molecule is O=C(Nc1cc2c(cc1Br)CNC2)c1cc(Cl)cc2[nH]ncc12. The average Bonchev–Trinajstić information content (AvgIpc) is 3.14. The lowest BCUT2D eigenvalue weighted by molar-refractivity contribution is 0.102. The summed E-state index contributed by atoms with van der Waals surface area (Å²) in [5, 5.41) is 14.3. The zero-order valence-corrected chi connectivity index (χ0v) is 14.3. The summed E-state index contributed by atoms with van der Waals surface area (Å²) < 4.78 is 0.860. The first kappa shape index (κ1) is 14.7. The number of hydrogen-bond donors (Lipinski definition) is 3. The molecule has 2 heterocycles. The Labute approximate surface area is 145 Å². The standard InChI is InChI=1S/C16H12BrClN4O/c17-13-1-8-5-19-6-9(8)2-15(13)21-16(23)11-3-10(18)4-14-12(11)7-20-22-14/h1-4,7,19H,5-6H2,(H,20,22)(H,21,23). The van der Waals surface area contributed by atoms with Gasteiger partial charge in [0.1, 0.15) is 0 Å². The molecule has 0 bridgehead atoms. The molecule has 0 aliphatic carbocycles. The molecule has 0 saturated heterocycles. The highest BCUT2D eigenvalue weighted by Crippen LogP contribution is 2.30. The van der Waals surface area contributed by atoms with Crippen molar-refractivity contribution in [2.75, 3.05) is 5.32 Å². The molecule has 0 atom stereocenters. The number of fused-ring (bicyclic) bond motifs is 2. The van der Waals surface area contributed by atoms with Gasteiger partial charge < -0.3 is 10.6 Å². The van der Waals surface area contributed by atoms with Gasteiger partial charge in [-0.25, -0.2) is 0 Å². The fourth-order valence-electron chi connectivity index (χ4n) is 2.81. The second-order valence-corrected chi connectivity index (χ2v) is 6.73. The number of carbonyl (C=O) groups excluding carboxylic acids is 1. The smallest absolute Gasteiger partial charge is 0.256 e. The molecule has 0 unspecified atom stereocenters. The number of carbonyl (C=O) groups is 1. The highest BCUT2D eigenvalue weighted by molar-refractivity contribution is 9.10.